The third-order valence-corrected chi connectivity index (χ3v) is 6.42. The van der Waals surface area contributed by atoms with E-state index < -0.39 is 0 Å². The van der Waals surface area contributed by atoms with E-state index in [9.17, 15) is 0 Å². The number of hydrogen-bond acceptors (Lipinski definition) is 9. The molecule has 0 bridgehead atoms. The first kappa shape index (κ1) is 21.7. The molecule has 9 nitrogen and oxygen atoms in total. The normalized spacial score (nSPS) is 16.5. The molecule has 6 rings (SSSR count). The summed E-state index contributed by atoms with van der Waals surface area (Å²) in [6.45, 7) is 7.17. The fourth-order valence-corrected chi connectivity index (χ4v) is 4.49. The van der Waals surface area contributed by atoms with Gasteiger partial charge >= 0.3 is 0 Å². The standard InChI is InChI=1S/C26H28N8O/c1-6-23-20(18-29-26(32-23)34-13-15-35-16-14-34)17-19(1)24-7-8-28-25(31-24)30-21-2-4-22(5-3-21)33-11-9-27-10-12-33/h1-8,17-18,27H,9-16H2,(H,28,30,31). The molecule has 4 heterocycles. The second-order valence-electron chi connectivity index (χ2n) is 8.72. The minimum Gasteiger partial charge on any atom is -0.378 e. The second kappa shape index (κ2) is 9.81. The number of fused-ring (bicyclic) bond motifs is 1. The SMILES string of the molecule is c1cc(-c2ccc3nc(N4CCOCC4)ncc3c2)nc(Nc2ccc(N3CCNCC3)cc2)n1. The highest BCUT2D eigenvalue weighted by Crippen LogP contribution is 2.25. The van der Waals surface area contributed by atoms with Gasteiger partial charge in [0, 0.05) is 74.0 Å². The highest BCUT2D eigenvalue weighted by molar-refractivity contribution is 5.84. The summed E-state index contributed by atoms with van der Waals surface area (Å²) in [4.78, 5) is 23.1. The lowest BCUT2D eigenvalue weighted by atomic mass is 10.1. The average Bonchev–Trinajstić information content (AvgIpc) is 2.94. The van der Waals surface area contributed by atoms with Crippen LogP contribution in [0.5, 0.6) is 0 Å². The van der Waals surface area contributed by atoms with Crippen molar-refractivity contribution in [3.8, 4) is 11.3 Å². The monoisotopic (exact) mass is 468 g/mol. The van der Waals surface area contributed by atoms with Crippen LogP contribution in [0.3, 0.4) is 0 Å². The van der Waals surface area contributed by atoms with E-state index in [1.54, 1.807) is 6.20 Å². The van der Waals surface area contributed by atoms with Gasteiger partial charge in [0.15, 0.2) is 0 Å². The molecule has 4 aromatic rings. The van der Waals surface area contributed by atoms with Gasteiger partial charge in [0.25, 0.3) is 0 Å². The maximum atomic E-state index is 5.43. The molecule has 2 fully saturated rings. The molecule has 0 atom stereocenters. The van der Waals surface area contributed by atoms with Crippen molar-refractivity contribution in [2.45, 2.75) is 0 Å². The third-order valence-electron chi connectivity index (χ3n) is 6.42. The van der Waals surface area contributed by atoms with Crippen LogP contribution in [0.1, 0.15) is 0 Å². The van der Waals surface area contributed by atoms with E-state index in [0.29, 0.717) is 19.2 Å². The number of anilines is 4. The fourth-order valence-electron chi connectivity index (χ4n) is 4.49. The van der Waals surface area contributed by atoms with Crippen molar-refractivity contribution in [2.75, 3.05) is 67.6 Å². The van der Waals surface area contributed by atoms with Crippen LogP contribution in [0.25, 0.3) is 22.2 Å². The molecular formula is C26H28N8O. The number of benzene rings is 2. The van der Waals surface area contributed by atoms with Gasteiger partial charge in [0.05, 0.1) is 24.4 Å². The lowest BCUT2D eigenvalue weighted by molar-refractivity contribution is 0.122. The smallest absolute Gasteiger partial charge is 0.227 e. The molecule has 0 aliphatic carbocycles. The van der Waals surface area contributed by atoms with Gasteiger partial charge in [-0.1, -0.05) is 6.07 Å². The van der Waals surface area contributed by atoms with Crippen molar-refractivity contribution >= 4 is 34.2 Å². The van der Waals surface area contributed by atoms with Gasteiger partial charge in [-0.15, -0.1) is 0 Å². The predicted octanol–water partition coefficient (Wildman–Crippen LogP) is 3.08. The van der Waals surface area contributed by atoms with Crippen LogP contribution in [0.15, 0.2) is 60.9 Å². The van der Waals surface area contributed by atoms with Gasteiger partial charge in [-0.25, -0.2) is 19.9 Å². The van der Waals surface area contributed by atoms with E-state index in [4.69, 9.17) is 14.7 Å². The zero-order valence-corrected chi connectivity index (χ0v) is 19.5. The van der Waals surface area contributed by atoms with Crippen LogP contribution in [0.2, 0.25) is 0 Å². The molecule has 2 N–H and O–H groups in total. The molecule has 2 aliphatic rings. The van der Waals surface area contributed by atoms with Crippen molar-refractivity contribution in [2.24, 2.45) is 0 Å². The molecule has 178 valence electrons. The summed E-state index contributed by atoms with van der Waals surface area (Å²) in [5, 5.41) is 7.70. The van der Waals surface area contributed by atoms with Gasteiger partial charge in [0.1, 0.15) is 0 Å². The average molecular weight is 469 g/mol. The molecule has 2 saturated heterocycles. The number of nitrogens with one attached hydrogen (secondary N) is 2. The van der Waals surface area contributed by atoms with Gasteiger partial charge in [-0.05, 0) is 42.5 Å². The third kappa shape index (κ3) is 4.87. The molecule has 0 saturated carbocycles. The highest BCUT2D eigenvalue weighted by Gasteiger charge is 2.15. The van der Waals surface area contributed by atoms with Crippen LogP contribution in [-0.4, -0.2) is 72.4 Å². The van der Waals surface area contributed by atoms with E-state index in [0.717, 1.165) is 73.1 Å². The quantitative estimate of drug-likeness (QED) is 0.458. The van der Waals surface area contributed by atoms with Crippen LogP contribution in [-0.2, 0) is 4.74 Å². The predicted molar refractivity (Wildman–Crippen MR) is 138 cm³/mol. The molecule has 0 unspecified atom stereocenters. The molecule has 0 radical (unpaired) electrons. The van der Waals surface area contributed by atoms with E-state index >= 15 is 0 Å². The fraction of sp³-hybridized carbons (Fsp3) is 0.308. The zero-order valence-electron chi connectivity index (χ0n) is 19.5. The highest BCUT2D eigenvalue weighted by atomic mass is 16.5. The van der Waals surface area contributed by atoms with Crippen molar-refractivity contribution < 1.29 is 4.74 Å². The van der Waals surface area contributed by atoms with Crippen LogP contribution >= 0.6 is 0 Å². The van der Waals surface area contributed by atoms with Crippen molar-refractivity contribution in [1.29, 1.82) is 0 Å². The van der Waals surface area contributed by atoms with Crippen LogP contribution in [0, 0.1) is 0 Å². The van der Waals surface area contributed by atoms with Crippen molar-refractivity contribution in [3.63, 3.8) is 0 Å². The number of aromatic nitrogens is 4. The molecule has 35 heavy (non-hydrogen) atoms. The van der Waals surface area contributed by atoms with Gasteiger partial charge in [-0.2, -0.15) is 0 Å². The summed E-state index contributed by atoms with van der Waals surface area (Å²) in [7, 11) is 0. The van der Waals surface area contributed by atoms with Gasteiger partial charge in [0.2, 0.25) is 11.9 Å². The Bertz CT molecular complexity index is 1300. The minimum atomic E-state index is 0.566. The Morgan fingerprint density at radius 3 is 2.49 bits per heavy atom. The largest absolute Gasteiger partial charge is 0.378 e. The number of hydrogen-bond donors (Lipinski definition) is 2. The summed E-state index contributed by atoms with van der Waals surface area (Å²) >= 11 is 0. The second-order valence-corrected chi connectivity index (χ2v) is 8.72. The summed E-state index contributed by atoms with van der Waals surface area (Å²) in [5.41, 5.74) is 4.96. The summed E-state index contributed by atoms with van der Waals surface area (Å²) in [6.07, 6.45) is 3.67. The Hall–Kier alpha value is -3.82. The molecular weight excluding hydrogens is 440 g/mol. The summed E-state index contributed by atoms with van der Waals surface area (Å²) < 4.78 is 5.43. The first-order valence-corrected chi connectivity index (χ1v) is 12.1. The first-order chi connectivity index (χ1) is 17.3. The van der Waals surface area contributed by atoms with E-state index in [1.165, 1.54) is 5.69 Å². The van der Waals surface area contributed by atoms with Gasteiger partial charge in [-0.3, -0.25) is 0 Å². The maximum Gasteiger partial charge on any atom is 0.227 e. The Balaban J connectivity index is 1.18. The molecule has 0 amide bonds. The van der Waals surface area contributed by atoms with E-state index in [2.05, 4.69) is 60.7 Å². The lowest BCUT2D eigenvalue weighted by Crippen LogP contribution is -2.43. The van der Waals surface area contributed by atoms with Crippen molar-refractivity contribution in [1.82, 2.24) is 25.3 Å². The number of morpholine rings is 1. The summed E-state index contributed by atoms with van der Waals surface area (Å²) in [6, 6.07) is 16.5. The number of ether oxygens (including phenoxy) is 1. The molecule has 2 aromatic carbocycles. The Labute approximate surface area is 204 Å². The number of nitrogens with zero attached hydrogens (tertiary/aromatic N) is 6. The lowest BCUT2D eigenvalue weighted by Gasteiger charge is -2.29. The van der Waals surface area contributed by atoms with Crippen LogP contribution in [0.4, 0.5) is 23.3 Å². The van der Waals surface area contributed by atoms with Crippen molar-refractivity contribution in [3.05, 3.63) is 60.9 Å². The molecule has 9 heteroatoms. The number of rotatable bonds is 5. The Kier molecular flexibility index (Phi) is 6.08. The zero-order chi connectivity index (χ0) is 23.5. The first-order valence-electron chi connectivity index (χ1n) is 12.1. The minimum absolute atomic E-state index is 0.566. The van der Waals surface area contributed by atoms with E-state index in [1.807, 2.05) is 24.4 Å². The summed E-state index contributed by atoms with van der Waals surface area (Å²) in [5.74, 6) is 1.32. The number of piperazine rings is 1. The van der Waals surface area contributed by atoms with Gasteiger partial charge < -0.3 is 25.2 Å². The Morgan fingerprint density at radius 2 is 1.66 bits per heavy atom. The maximum absolute atomic E-state index is 5.43. The molecule has 2 aromatic heterocycles. The topological polar surface area (TPSA) is 91.3 Å². The molecule has 0 spiro atoms. The van der Waals surface area contributed by atoms with Crippen LogP contribution < -0.4 is 20.4 Å². The Morgan fingerprint density at radius 1 is 0.829 bits per heavy atom. The van der Waals surface area contributed by atoms with E-state index in [-0.39, 0.29) is 0 Å². The molecule has 2 aliphatic heterocycles.